The monoisotopic (exact) mass is 284 g/mol. The van der Waals surface area contributed by atoms with Crippen LogP contribution in [0.3, 0.4) is 0 Å². The Balaban J connectivity index is 2.27. The number of amides is 2. The number of nitrogens with one attached hydrogen (secondary N) is 1. The summed E-state index contributed by atoms with van der Waals surface area (Å²) in [5.74, 6) is -0.796. The molecule has 0 aromatic heterocycles. The van der Waals surface area contributed by atoms with Crippen molar-refractivity contribution in [3.63, 3.8) is 0 Å². The van der Waals surface area contributed by atoms with E-state index in [4.69, 9.17) is 9.84 Å². The third kappa shape index (κ3) is 6.06. The summed E-state index contributed by atoms with van der Waals surface area (Å²) in [6, 6.07) is -0.0910. The summed E-state index contributed by atoms with van der Waals surface area (Å²) in [6.07, 6.45) is 4.27. The van der Waals surface area contributed by atoms with E-state index in [1.807, 2.05) is 13.0 Å². The van der Waals surface area contributed by atoms with Gasteiger partial charge in [0.05, 0.1) is 6.61 Å². The van der Waals surface area contributed by atoms with Gasteiger partial charge in [0, 0.05) is 32.7 Å². The molecule has 1 rings (SSSR count). The third-order valence-corrected chi connectivity index (χ3v) is 3.32. The molecule has 1 unspecified atom stereocenters. The first-order valence-electron chi connectivity index (χ1n) is 6.97. The zero-order chi connectivity index (χ0) is 15.0. The van der Waals surface area contributed by atoms with Crippen molar-refractivity contribution in [2.75, 3.05) is 26.8 Å². The summed E-state index contributed by atoms with van der Waals surface area (Å²) < 4.78 is 5.07. The average Bonchev–Trinajstić information content (AvgIpc) is 2.39. The fraction of sp³-hybridized carbons (Fsp3) is 0.714. The Bertz CT molecular complexity index is 368. The number of aliphatic carboxylic acids is 1. The highest BCUT2D eigenvalue weighted by Crippen LogP contribution is 2.11. The zero-order valence-electron chi connectivity index (χ0n) is 12.2. The Kier molecular flexibility index (Phi) is 7.08. The van der Waals surface area contributed by atoms with Crippen LogP contribution in [0.4, 0.5) is 4.79 Å². The maximum absolute atomic E-state index is 12.0. The van der Waals surface area contributed by atoms with Gasteiger partial charge in [0.1, 0.15) is 0 Å². The molecule has 114 valence electrons. The summed E-state index contributed by atoms with van der Waals surface area (Å²) in [4.78, 5) is 24.2. The lowest BCUT2D eigenvalue weighted by Gasteiger charge is -2.28. The van der Waals surface area contributed by atoms with Gasteiger partial charge in [0.2, 0.25) is 0 Å². The quantitative estimate of drug-likeness (QED) is 0.696. The van der Waals surface area contributed by atoms with Crippen LogP contribution in [0, 0.1) is 0 Å². The van der Waals surface area contributed by atoms with Gasteiger partial charge in [-0.3, -0.25) is 4.79 Å². The minimum Gasteiger partial charge on any atom is -0.481 e. The number of methoxy groups -OCH3 is 1. The molecule has 0 fully saturated rings. The Morgan fingerprint density at radius 3 is 2.85 bits per heavy atom. The number of carboxylic acids is 1. The van der Waals surface area contributed by atoms with Gasteiger partial charge in [-0.25, -0.2) is 4.79 Å². The number of carboxylic acid groups (broad SMARTS) is 1. The standard InChI is InChI=1S/C14H24N2O4/c1-11(4-3-5-13(17)18)15-14(19)16-8-6-12(7-9-16)10-20-2/h6,11H,3-5,7-10H2,1-2H3,(H,15,19)(H,17,18). The molecule has 2 N–H and O–H groups in total. The molecule has 0 aromatic rings. The molecule has 20 heavy (non-hydrogen) atoms. The van der Waals surface area contributed by atoms with Crippen LogP contribution in [0.5, 0.6) is 0 Å². The smallest absolute Gasteiger partial charge is 0.317 e. The summed E-state index contributed by atoms with van der Waals surface area (Å²) in [5, 5.41) is 11.5. The second-order valence-electron chi connectivity index (χ2n) is 5.13. The molecule has 0 aliphatic carbocycles. The topological polar surface area (TPSA) is 78.9 Å². The first-order chi connectivity index (χ1) is 9.52. The molecule has 0 saturated carbocycles. The Morgan fingerprint density at radius 1 is 1.55 bits per heavy atom. The largest absolute Gasteiger partial charge is 0.481 e. The number of carbonyl (C=O) groups excluding carboxylic acids is 1. The first kappa shape index (κ1) is 16.5. The molecular weight excluding hydrogens is 260 g/mol. The van der Waals surface area contributed by atoms with Crippen molar-refractivity contribution in [2.45, 2.75) is 38.6 Å². The fourth-order valence-corrected chi connectivity index (χ4v) is 2.15. The van der Waals surface area contributed by atoms with Gasteiger partial charge in [-0.1, -0.05) is 6.08 Å². The van der Waals surface area contributed by atoms with Gasteiger partial charge in [0.25, 0.3) is 0 Å². The maximum Gasteiger partial charge on any atom is 0.317 e. The number of carbonyl (C=O) groups is 2. The molecule has 0 aromatic carbocycles. The minimum atomic E-state index is -0.796. The molecule has 1 atom stereocenters. The van der Waals surface area contributed by atoms with Crippen LogP contribution in [0.1, 0.15) is 32.6 Å². The molecule has 0 spiro atoms. The van der Waals surface area contributed by atoms with Crippen LogP contribution in [0.2, 0.25) is 0 Å². The lowest BCUT2D eigenvalue weighted by molar-refractivity contribution is -0.137. The van der Waals surface area contributed by atoms with Crippen LogP contribution in [0.25, 0.3) is 0 Å². The molecule has 0 radical (unpaired) electrons. The van der Waals surface area contributed by atoms with Crippen molar-refractivity contribution in [3.05, 3.63) is 11.6 Å². The summed E-state index contributed by atoms with van der Waals surface area (Å²) in [6.45, 7) is 3.83. The van der Waals surface area contributed by atoms with Crippen molar-refractivity contribution in [3.8, 4) is 0 Å². The van der Waals surface area contributed by atoms with Crippen LogP contribution < -0.4 is 5.32 Å². The lowest BCUT2D eigenvalue weighted by Crippen LogP contribution is -2.45. The Morgan fingerprint density at radius 2 is 2.30 bits per heavy atom. The molecule has 1 aliphatic rings. The third-order valence-electron chi connectivity index (χ3n) is 3.32. The molecule has 6 nitrogen and oxygen atoms in total. The van der Waals surface area contributed by atoms with E-state index in [9.17, 15) is 9.59 Å². The van der Waals surface area contributed by atoms with Gasteiger partial charge in [0.15, 0.2) is 0 Å². The molecular formula is C14H24N2O4. The molecule has 1 aliphatic heterocycles. The predicted octanol–water partition coefficient (Wildman–Crippen LogP) is 1.62. The van der Waals surface area contributed by atoms with Crippen LogP contribution in [-0.2, 0) is 9.53 Å². The zero-order valence-corrected chi connectivity index (χ0v) is 12.2. The fourth-order valence-electron chi connectivity index (χ4n) is 2.15. The number of rotatable bonds is 7. The maximum atomic E-state index is 12.0. The number of hydrogen-bond donors (Lipinski definition) is 2. The van der Waals surface area contributed by atoms with Crippen molar-refractivity contribution in [1.29, 1.82) is 0 Å². The predicted molar refractivity (Wildman–Crippen MR) is 75.6 cm³/mol. The van der Waals surface area contributed by atoms with E-state index in [1.54, 1.807) is 12.0 Å². The minimum absolute atomic E-state index is 0.00815. The van der Waals surface area contributed by atoms with E-state index >= 15 is 0 Å². The lowest BCUT2D eigenvalue weighted by atomic mass is 10.1. The van der Waals surface area contributed by atoms with Gasteiger partial charge >= 0.3 is 12.0 Å². The number of hydrogen-bond acceptors (Lipinski definition) is 3. The van der Waals surface area contributed by atoms with E-state index in [-0.39, 0.29) is 18.5 Å². The van der Waals surface area contributed by atoms with E-state index in [0.717, 1.165) is 6.42 Å². The molecule has 6 heteroatoms. The van der Waals surface area contributed by atoms with Crippen LogP contribution in [-0.4, -0.2) is 54.9 Å². The van der Waals surface area contributed by atoms with Gasteiger partial charge in [-0.05, 0) is 31.8 Å². The van der Waals surface area contributed by atoms with Crippen molar-refractivity contribution in [1.82, 2.24) is 10.2 Å². The summed E-state index contributed by atoms with van der Waals surface area (Å²) in [5.41, 5.74) is 1.23. The molecule has 1 heterocycles. The Hall–Kier alpha value is -1.56. The first-order valence-corrected chi connectivity index (χ1v) is 6.97. The molecule has 0 saturated heterocycles. The normalized spacial score (nSPS) is 16.5. The number of urea groups is 1. The summed E-state index contributed by atoms with van der Waals surface area (Å²) >= 11 is 0. The number of nitrogens with zero attached hydrogens (tertiary/aromatic N) is 1. The average molecular weight is 284 g/mol. The SMILES string of the molecule is COCC1=CCN(C(=O)NC(C)CCCC(=O)O)CC1. The van der Waals surface area contributed by atoms with Crippen LogP contribution >= 0.6 is 0 Å². The Labute approximate surface area is 119 Å². The van der Waals surface area contributed by atoms with Crippen LogP contribution in [0.15, 0.2) is 11.6 Å². The highest BCUT2D eigenvalue weighted by Gasteiger charge is 2.18. The number of ether oxygens (including phenoxy) is 1. The van der Waals surface area contributed by atoms with Gasteiger partial charge in [-0.15, -0.1) is 0 Å². The van der Waals surface area contributed by atoms with E-state index in [0.29, 0.717) is 32.5 Å². The van der Waals surface area contributed by atoms with E-state index in [2.05, 4.69) is 5.32 Å². The highest BCUT2D eigenvalue weighted by molar-refractivity contribution is 5.75. The van der Waals surface area contributed by atoms with Gasteiger partial charge in [-0.2, -0.15) is 0 Å². The second-order valence-corrected chi connectivity index (χ2v) is 5.13. The summed E-state index contributed by atoms with van der Waals surface area (Å²) in [7, 11) is 1.67. The molecule has 2 amide bonds. The second kappa shape index (κ2) is 8.58. The van der Waals surface area contributed by atoms with Gasteiger partial charge < -0.3 is 20.1 Å². The highest BCUT2D eigenvalue weighted by atomic mass is 16.5. The van der Waals surface area contributed by atoms with Crippen molar-refractivity contribution >= 4 is 12.0 Å². The van der Waals surface area contributed by atoms with Crippen molar-refractivity contribution in [2.24, 2.45) is 0 Å². The van der Waals surface area contributed by atoms with E-state index < -0.39 is 5.97 Å². The molecule has 0 bridgehead atoms. The van der Waals surface area contributed by atoms with Crippen molar-refractivity contribution < 1.29 is 19.4 Å². The van der Waals surface area contributed by atoms with E-state index in [1.165, 1.54) is 5.57 Å².